The van der Waals surface area contributed by atoms with Crippen LogP contribution >= 0.6 is 0 Å². The van der Waals surface area contributed by atoms with Crippen LogP contribution in [0.2, 0.25) is 0 Å². The van der Waals surface area contributed by atoms with Crippen molar-refractivity contribution < 1.29 is 9.94 Å². The van der Waals surface area contributed by atoms with Gasteiger partial charge in [0.05, 0.1) is 0 Å². The Bertz CT molecular complexity index is 646. The van der Waals surface area contributed by atoms with Crippen molar-refractivity contribution in [3.05, 3.63) is 58.7 Å². The third kappa shape index (κ3) is 2.74. The number of amidine groups is 1. The van der Waals surface area contributed by atoms with Gasteiger partial charge in [0.15, 0.2) is 5.84 Å². The average molecular weight is 270 g/mol. The van der Waals surface area contributed by atoms with E-state index in [0.29, 0.717) is 5.56 Å². The highest BCUT2D eigenvalue weighted by molar-refractivity contribution is 5.97. The molecule has 0 atom stereocenters. The van der Waals surface area contributed by atoms with Crippen molar-refractivity contribution in [3.8, 4) is 11.5 Å². The van der Waals surface area contributed by atoms with E-state index in [2.05, 4.69) is 18.1 Å². The number of oxime groups is 1. The molecule has 0 saturated carbocycles. The largest absolute Gasteiger partial charge is 0.457 e. The average Bonchev–Trinajstić information content (AvgIpc) is 2.47. The van der Waals surface area contributed by atoms with E-state index in [4.69, 9.17) is 15.7 Å². The van der Waals surface area contributed by atoms with E-state index in [0.717, 1.165) is 22.6 Å². The second-order valence-corrected chi connectivity index (χ2v) is 4.77. The fraction of sp³-hybridized carbons (Fsp3) is 0.188. The normalized spacial score (nSPS) is 11.4. The lowest BCUT2D eigenvalue weighted by Gasteiger charge is -2.13. The van der Waals surface area contributed by atoms with E-state index in [1.165, 1.54) is 5.56 Å². The maximum absolute atomic E-state index is 8.63. The van der Waals surface area contributed by atoms with Crippen molar-refractivity contribution in [2.45, 2.75) is 20.8 Å². The molecule has 2 rings (SSSR count). The molecule has 4 nitrogen and oxygen atoms in total. The van der Waals surface area contributed by atoms with Gasteiger partial charge >= 0.3 is 0 Å². The smallest absolute Gasteiger partial charge is 0.170 e. The molecule has 0 saturated heterocycles. The number of hydrogen-bond donors (Lipinski definition) is 2. The number of ether oxygens (including phenoxy) is 1. The highest BCUT2D eigenvalue weighted by atomic mass is 16.5. The van der Waals surface area contributed by atoms with Crippen molar-refractivity contribution in [2.75, 3.05) is 0 Å². The van der Waals surface area contributed by atoms with Gasteiger partial charge in [-0.15, -0.1) is 0 Å². The Kier molecular flexibility index (Phi) is 3.94. The molecule has 0 spiro atoms. The van der Waals surface area contributed by atoms with Crippen LogP contribution in [0.1, 0.15) is 22.3 Å². The Hall–Kier alpha value is -2.49. The maximum Gasteiger partial charge on any atom is 0.170 e. The van der Waals surface area contributed by atoms with Crippen LogP contribution in [0, 0.1) is 20.8 Å². The summed E-state index contributed by atoms with van der Waals surface area (Å²) >= 11 is 0. The van der Waals surface area contributed by atoms with Gasteiger partial charge in [0.25, 0.3) is 0 Å². The van der Waals surface area contributed by atoms with E-state index in [-0.39, 0.29) is 5.84 Å². The molecule has 0 fully saturated rings. The standard InChI is InChI=1S/C16H18N2O2/c1-10-4-5-11(2)15(12(10)3)20-14-8-6-13(7-9-14)16(17)18-19/h4-9,19H,1-3H3,(H2,17,18). The summed E-state index contributed by atoms with van der Waals surface area (Å²) in [5, 5.41) is 11.6. The SMILES string of the molecule is Cc1ccc(C)c(Oc2ccc(/C(N)=N/O)cc2)c1C. The minimum Gasteiger partial charge on any atom is -0.457 e. The van der Waals surface area contributed by atoms with E-state index in [9.17, 15) is 0 Å². The Morgan fingerprint density at radius 3 is 2.20 bits per heavy atom. The summed E-state index contributed by atoms with van der Waals surface area (Å²) in [6.07, 6.45) is 0. The van der Waals surface area contributed by atoms with Gasteiger partial charge in [0, 0.05) is 5.56 Å². The van der Waals surface area contributed by atoms with Crippen LogP contribution in [-0.2, 0) is 0 Å². The molecule has 3 N–H and O–H groups in total. The summed E-state index contributed by atoms with van der Waals surface area (Å²) in [6, 6.07) is 11.2. The second-order valence-electron chi connectivity index (χ2n) is 4.77. The molecule has 0 aliphatic carbocycles. The summed E-state index contributed by atoms with van der Waals surface area (Å²) in [6.45, 7) is 6.12. The lowest BCUT2D eigenvalue weighted by Crippen LogP contribution is -2.12. The van der Waals surface area contributed by atoms with E-state index < -0.39 is 0 Å². The maximum atomic E-state index is 8.63. The summed E-state index contributed by atoms with van der Waals surface area (Å²) in [5.41, 5.74) is 9.59. The van der Waals surface area contributed by atoms with Crippen LogP contribution in [0.3, 0.4) is 0 Å². The highest BCUT2D eigenvalue weighted by Gasteiger charge is 2.08. The first-order valence-corrected chi connectivity index (χ1v) is 6.35. The third-order valence-electron chi connectivity index (χ3n) is 3.35. The molecule has 2 aromatic carbocycles. The highest BCUT2D eigenvalue weighted by Crippen LogP contribution is 2.30. The van der Waals surface area contributed by atoms with Crippen LogP contribution in [0.4, 0.5) is 0 Å². The number of rotatable bonds is 3. The first kappa shape index (κ1) is 13.9. The van der Waals surface area contributed by atoms with Gasteiger partial charge < -0.3 is 15.7 Å². The molecule has 0 aliphatic heterocycles. The van der Waals surface area contributed by atoms with Gasteiger partial charge in [-0.25, -0.2) is 0 Å². The summed E-state index contributed by atoms with van der Waals surface area (Å²) < 4.78 is 5.95. The molecule has 0 radical (unpaired) electrons. The predicted molar refractivity (Wildman–Crippen MR) is 79.7 cm³/mol. The van der Waals surface area contributed by atoms with Crippen LogP contribution in [-0.4, -0.2) is 11.0 Å². The van der Waals surface area contributed by atoms with Crippen molar-refractivity contribution in [1.82, 2.24) is 0 Å². The minimum atomic E-state index is 0.0828. The van der Waals surface area contributed by atoms with Crippen LogP contribution < -0.4 is 10.5 Å². The Morgan fingerprint density at radius 1 is 1.00 bits per heavy atom. The number of nitrogens with zero attached hydrogens (tertiary/aromatic N) is 1. The second kappa shape index (κ2) is 5.65. The van der Waals surface area contributed by atoms with Gasteiger partial charge in [-0.1, -0.05) is 17.3 Å². The van der Waals surface area contributed by atoms with E-state index in [1.807, 2.05) is 19.9 Å². The lowest BCUT2D eigenvalue weighted by atomic mass is 10.1. The topological polar surface area (TPSA) is 67.8 Å². The van der Waals surface area contributed by atoms with Crippen molar-refractivity contribution in [3.63, 3.8) is 0 Å². The number of nitrogens with two attached hydrogens (primary N) is 1. The van der Waals surface area contributed by atoms with E-state index in [1.54, 1.807) is 24.3 Å². The first-order chi connectivity index (χ1) is 9.52. The van der Waals surface area contributed by atoms with Gasteiger partial charge in [0.1, 0.15) is 11.5 Å². The molecule has 20 heavy (non-hydrogen) atoms. The molecule has 0 bridgehead atoms. The molecule has 0 aromatic heterocycles. The van der Waals surface area contributed by atoms with Crippen LogP contribution in [0.15, 0.2) is 41.6 Å². The van der Waals surface area contributed by atoms with Gasteiger partial charge in [-0.05, 0) is 61.7 Å². The fourth-order valence-corrected chi connectivity index (χ4v) is 1.95. The van der Waals surface area contributed by atoms with Crippen molar-refractivity contribution in [1.29, 1.82) is 0 Å². The van der Waals surface area contributed by atoms with Gasteiger partial charge in [-0.3, -0.25) is 0 Å². The fourth-order valence-electron chi connectivity index (χ4n) is 1.95. The third-order valence-corrected chi connectivity index (χ3v) is 3.35. The molecule has 0 amide bonds. The van der Waals surface area contributed by atoms with Gasteiger partial charge in [0.2, 0.25) is 0 Å². The summed E-state index contributed by atoms with van der Waals surface area (Å²) in [5.74, 6) is 1.68. The minimum absolute atomic E-state index is 0.0828. The zero-order valence-corrected chi connectivity index (χ0v) is 11.8. The van der Waals surface area contributed by atoms with Crippen LogP contribution in [0.25, 0.3) is 0 Å². The molecule has 4 heteroatoms. The Labute approximate surface area is 118 Å². The molecule has 0 unspecified atom stereocenters. The summed E-state index contributed by atoms with van der Waals surface area (Å²) in [7, 11) is 0. The molecule has 2 aromatic rings. The molecular weight excluding hydrogens is 252 g/mol. The van der Waals surface area contributed by atoms with Gasteiger partial charge in [-0.2, -0.15) is 0 Å². The number of hydrogen-bond acceptors (Lipinski definition) is 3. The number of aryl methyl sites for hydroxylation is 2. The Balaban J connectivity index is 2.29. The quantitative estimate of drug-likeness (QED) is 0.388. The molecular formula is C16H18N2O2. The lowest BCUT2D eigenvalue weighted by molar-refractivity contribution is 0.318. The Morgan fingerprint density at radius 2 is 1.60 bits per heavy atom. The molecule has 0 aliphatic rings. The first-order valence-electron chi connectivity index (χ1n) is 6.35. The summed E-state index contributed by atoms with van der Waals surface area (Å²) in [4.78, 5) is 0. The molecule has 0 heterocycles. The zero-order valence-electron chi connectivity index (χ0n) is 11.8. The monoisotopic (exact) mass is 270 g/mol. The zero-order chi connectivity index (χ0) is 14.7. The van der Waals surface area contributed by atoms with Crippen molar-refractivity contribution >= 4 is 5.84 Å². The van der Waals surface area contributed by atoms with Crippen LogP contribution in [0.5, 0.6) is 11.5 Å². The molecule has 104 valence electrons. The van der Waals surface area contributed by atoms with E-state index >= 15 is 0 Å². The van der Waals surface area contributed by atoms with Crippen molar-refractivity contribution in [2.24, 2.45) is 10.9 Å². The predicted octanol–water partition coefficient (Wildman–Crippen LogP) is 3.50. The number of benzene rings is 2.